The predicted molar refractivity (Wildman–Crippen MR) is 101 cm³/mol. The molecule has 0 saturated carbocycles. The topological polar surface area (TPSA) is 114 Å². The first-order chi connectivity index (χ1) is 12.9. The van der Waals surface area contributed by atoms with Gasteiger partial charge in [-0.25, -0.2) is 9.78 Å². The van der Waals surface area contributed by atoms with Crippen LogP contribution in [0.4, 0.5) is 15.9 Å². The highest BCUT2D eigenvalue weighted by molar-refractivity contribution is 6.07. The van der Waals surface area contributed by atoms with Gasteiger partial charge in [-0.1, -0.05) is 26.7 Å². The molecule has 27 heavy (non-hydrogen) atoms. The monoisotopic (exact) mass is 377 g/mol. The van der Waals surface area contributed by atoms with Crippen molar-refractivity contribution in [2.45, 2.75) is 46.1 Å². The molecule has 0 fully saturated rings. The van der Waals surface area contributed by atoms with E-state index in [4.69, 9.17) is 5.73 Å². The van der Waals surface area contributed by atoms with Crippen LogP contribution in [0.2, 0.25) is 0 Å². The van der Waals surface area contributed by atoms with E-state index in [1.165, 1.54) is 15.5 Å². The Morgan fingerprint density at radius 3 is 2.56 bits per heavy atom. The fourth-order valence-electron chi connectivity index (χ4n) is 2.67. The van der Waals surface area contributed by atoms with Gasteiger partial charge in [0.05, 0.1) is 5.56 Å². The highest BCUT2D eigenvalue weighted by atomic mass is 19.1. The molecule has 2 rings (SSSR count). The number of aromatic nitrogens is 3. The third-order valence-corrected chi connectivity index (χ3v) is 4.17. The van der Waals surface area contributed by atoms with Gasteiger partial charge in [0.1, 0.15) is 5.82 Å². The van der Waals surface area contributed by atoms with Crippen molar-refractivity contribution in [1.29, 1.82) is 0 Å². The average molecular weight is 377 g/mol. The number of rotatable bonds is 8. The number of halogens is 1. The molecule has 0 saturated heterocycles. The lowest BCUT2D eigenvalue weighted by Gasteiger charge is -2.24. The van der Waals surface area contributed by atoms with Gasteiger partial charge in [-0.2, -0.15) is 4.39 Å². The van der Waals surface area contributed by atoms with Gasteiger partial charge in [0.25, 0.3) is 11.5 Å². The van der Waals surface area contributed by atoms with E-state index in [2.05, 4.69) is 9.97 Å². The second-order valence-corrected chi connectivity index (χ2v) is 6.18. The van der Waals surface area contributed by atoms with E-state index in [1.807, 2.05) is 13.8 Å². The summed E-state index contributed by atoms with van der Waals surface area (Å²) >= 11 is 0. The molecule has 0 bridgehead atoms. The lowest BCUT2D eigenvalue weighted by molar-refractivity contribution is 0.0985. The fraction of sp³-hybridized carbons (Fsp3) is 0.444. The molecule has 0 unspecified atom stereocenters. The second kappa shape index (κ2) is 9.11. The minimum atomic E-state index is -0.732. The third-order valence-electron chi connectivity index (χ3n) is 4.17. The molecule has 0 aliphatic heterocycles. The van der Waals surface area contributed by atoms with Gasteiger partial charge in [-0.3, -0.25) is 19.1 Å². The number of nitrogen functional groups attached to an aromatic ring is 1. The fourth-order valence-corrected chi connectivity index (χ4v) is 2.67. The van der Waals surface area contributed by atoms with Crippen LogP contribution in [0.5, 0.6) is 0 Å². The number of anilines is 2. The van der Waals surface area contributed by atoms with E-state index >= 15 is 0 Å². The molecule has 0 atom stereocenters. The number of unbranched alkanes of at least 4 members (excludes halogenated alkanes) is 2. The number of nitrogens with one attached hydrogen (secondary N) is 1. The number of amides is 1. The summed E-state index contributed by atoms with van der Waals surface area (Å²) in [6.45, 7) is 4.47. The van der Waals surface area contributed by atoms with Crippen molar-refractivity contribution < 1.29 is 9.18 Å². The highest BCUT2D eigenvalue weighted by Gasteiger charge is 2.25. The molecule has 2 aromatic rings. The van der Waals surface area contributed by atoms with E-state index in [1.54, 1.807) is 0 Å². The number of nitrogens with zero attached hydrogens (tertiary/aromatic N) is 3. The molecule has 3 N–H and O–H groups in total. The molecule has 2 aromatic heterocycles. The Morgan fingerprint density at radius 1 is 1.26 bits per heavy atom. The van der Waals surface area contributed by atoms with Crippen LogP contribution in [0.3, 0.4) is 0 Å². The van der Waals surface area contributed by atoms with Crippen LogP contribution in [-0.2, 0) is 6.54 Å². The summed E-state index contributed by atoms with van der Waals surface area (Å²) in [4.78, 5) is 44.5. The molecule has 9 heteroatoms. The molecule has 0 aliphatic carbocycles. The summed E-state index contributed by atoms with van der Waals surface area (Å²) in [5, 5.41) is 0. The van der Waals surface area contributed by atoms with Crippen LogP contribution in [-0.4, -0.2) is 27.0 Å². The summed E-state index contributed by atoms with van der Waals surface area (Å²) in [6.07, 6.45) is 4.03. The minimum Gasteiger partial charge on any atom is -0.383 e. The van der Waals surface area contributed by atoms with E-state index in [9.17, 15) is 18.8 Å². The molecule has 0 spiro atoms. The Hall–Kier alpha value is -2.97. The maximum Gasteiger partial charge on any atom is 0.330 e. The van der Waals surface area contributed by atoms with Gasteiger partial charge in [0.15, 0.2) is 5.69 Å². The van der Waals surface area contributed by atoms with Crippen molar-refractivity contribution in [3.8, 4) is 0 Å². The summed E-state index contributed by atoms with van der Waals surface area (Å²) < 4.78 is 14.3. The number of H-pyrrole nitrogens is 1. The van der Waals surface area contributed by atoms with Gasteiger partial charge in [0, 0.05) is 19.3 Å². The SMILES string of the molecule is CCCCN(C(=O)c1ccc(F)nc1)c1c(N)n(CCCC)c(=O)[nH]c1=O. The van der Waals surface area contributed by atoms with Gasteiger partial charge >= 0.3 is 5.69 Å². The Morgan fingerprint density at radius 2 is 1.96 bits per heavy atom. The summed E-state index contributed by atoms with van der Waals surface area (Å²) in [6, 6.07) is 2.36. The standard InChI is InChI=1S/C18H24FN5O3/c1-3-5-9-23(17(26)12-7-8-13(19)21-11-12)14-15(20)24(10-6-4-2)18(27)22-16(14)25/h7-8,11H,3-6,9-10,20H2,1-2H3,(H,22,25,27). The zero-order valence-electron chi connectivity index (χ0n) is 15.5. The Kier molecular flexibility index (Phi) is 6.86. The molecule has 2 heterocycles. The maximum absolute atomic E-state index is 13.1. The van der Waals surface area contributed by atoms with Crippen LogP contribution < -0.4 is 21.9 Å². The zero-order chi connectivity index (χ0) is 20.0. The molecule has 8 nitrogen and oxygen atoms in total. The zero-order valence-corrected chi connectivity index (χ0v) is 15.5. The van der Waals surface area contributed by atoms with E-state index in [0.717, 1.165) is 25.1 Å². The smallest absolute Gasteiger partial charge is 0.330 e. The number of hydrogen-bond acceptors (Lipinski definition) is 5. The summed E-state index contributed by atoms with van der Waals surface area (Å²) in [7, 11) is 0. The Bertz CT molecular complexity index is 905. The van der Waals surface area contributed by atoms with Crippen LogP contribution in [0.15, 0.2) is 27.9 Å². The first-order valence-electron chi connectivity index (χ1n) is 8.96. The van der Waals surface area contributed by atoms with E-state index in [-0.39, 0.29) is 23.6 Å². The second-order valence-electron chi connectivity index (χ2n) is 6.18. The number of nitrogens with two attached hydrogens (primary N) is 1. The van der Waals surface area contributed by atoms with Gasteiger partial charge in [-0.05, 0) is 25.0 Å². The average Bonchev–Trinajstić information content (AvgIpc) is 2.64. The van der Waals surface area contributed by atoms with Crippen molar-refractivity contribution in [1.82, 2.24) is 14.5 Å². The van der Waals surface area contributed by atoms with Crippen molar-refractivity contribution >= 4 is 17.4 Å². The number of aromatic amines is 1. The van der Waals surface area contributed by atoms with Gasteiger partial charge in [-0.15, -0.1) is 0 Å². The lowest BCUT2D eigenvalue weighted by Crippen LogP contribution is -2.41. The van der Waals surface area contributed by atoms with Crippen LogP contribution in [0, 0.1) is 5.95 Å². The molecular weight excluding hydrogens is 353 g/mol. The number of hydrogen-bond donors (Lipinski definition) is 2. The third kappa shape index (κ3) is 4.60. The molecule has 0 aromatic carbocycles. The van der Waals surface area contributed by atoms with Crippen molar-refractivity contribution in [3.63, 3.8) is 0 Å². The number of carbonyl (C=O) groups is 1. The minimum absolute atomic E-state index is 0.0586. The van der Waals surface area contributed by atoms with Crippen molar-refractivity contribution in [3.05, 3.63) is 50.7 Å². The van der Waals surface area contributed by atoms with Crippen molar-refractivity contribution in [2.24, 2.45) is 0 Å². The molecule has 1 amide bonds. The van der Waals surface area contributed by atoms with Crippen LogP contribution >= 0.6 is 0 Å². The first-order valence-corrected chi connectivity index (χ1v) is 8.96. The van der Waals surface area contributed by atoms with Gasteiger partial charge < -0.3 is 10.6 Å². The van der Waals surface area contributed by atoms with Crippen LogP contribution in [0.1, 0.15) is 49.9 Å². The van der Waals surface area contributed by atoms with Crippen LogP contribution in [0.25, 0.3) is 0 Å². The molecular formula is C18H24FN5O3. The lowest BCUT2D eigenvalue weighted by atomic mass is 10.2. The molecule has 0 radical (unpaired) electrons. The Balaban J connectivity index is 2.55. The molecule has 146 valence electrons. The first kappa shape index (κ1) is 20.3. The number of carbonyl (C=O) groups excluding carboxylic acids is 1. The van der Waals surface area contributed by atoms with E-state index in [0.29, 0.717) is 19.4 Å². The Labute approximate surface area is 155 Å². The summed E-state index contributed by atoms with van der Waals surface area (Å²) in [5.41, 5.74) is 4.82. The predicted octanol–water partition coefficient (Wildman–Crippen LogP) is 1.90. The largest absolute Gasteiger partial charge is 0.383 e. The normalized spacial score (nSPS) is 10.8. The summed E-state index contributed by atoms with van der Waals surface area (Å²) in [5.74, 6) is -1.30. The quantitative estimate of drug-likeness (QED) is 0.682. The highest BCUT2D eigenvalue weighted by Crippen LogP contribution is 2.20. The maximum atomic E-state index is 13.1. The van der Waals surface area contributed by atoms with Gasteiger partial charge in [0.2, 0.25) is 5.95 Å². The molecule has 0 aliphatic rings. The number of pyridine rings is 1. The van der Waals surface area contributed by atoms with E-state index < -0.39 is 23.1 Å². The van der Waals surface area contributed by atoms with Crippen molar-refractivity contribution in [2.75, 3.05) is 17.2 Å².